The number of aryl methyl sites for hydroxylation is 2. The number of nitrogens with one attached hydrogen (secondary N) is 2. The molecule has 1 saturated heterocycles. The molecule has 1 aliphatic heterocycles. The van der Waals surface area contributed by atoms with Crippen LogP contribution < -0.4 is 15.5 Å². The average Bonchev–Trinajstić information content (AvgIpc) is 3.17. The lowest BCUT2D eigenvalue weighted by Crippen LogP contribution is -2.49. The highest BCUT2D eigenvalue weighted by molar-refractivity contribution is 7.11. The molecule has 0 spiro atoms. The molecule has 0 saturated carbocycles. The summed E-state index contributed by atoms with van der Waals surface area (Å²) >= 11 is 1.80. The van der Waals surface area contributed by atoms with Crippen molar-refractivity contribution in [2.24, 2.45) is 4.99 Å². The fourth-order valence-corrected chi connectivity index (χ4v) is 4.21. The molecule has 2 N–H and O–H groups in total. The van der Waals surface area contributed by atoms with Crippen LogP contribution in [0.25, 0.3) is 0 Å². The number of rotatable bonds is 7. The second-order valence-electron chi connectivity index (χ2n) is 7.13. The number of guanidine groups is 1. The second-order valence-corrected chi connectivity index (χ2v) is 8.33. The lowest BCUT2D eigenvalue weighted by molar-refractivity contribution is 0.459. The Labute approximate surface area is 172 Å². The molecule has 0 aromatic carbocycles. The number of anilines is 1. The first-order valence-corrected chi connectivity index (χ1v) is 11.2. The summed E-state index contributed by atoms with van der Waals surface area (Å²) in [6, 6.07) is 6.69. The Hall–Kier alpha value is -2.15. The number of aliphatic imine (C=N–C) groups is 1. The van der Waals surface area contributed by atoms with Crippen molar-refractivity contribution in [1.29, 1.82) is 0 Å². The highest BCUT2D eigenvalue weighted by atomic mass is 32.1. The molecule has 0 aliphatic carbocycles. The van der Waals surface area contributed by atoms with E-state index in [1.165, 1.54) is 9.88 Å². The topological polar surface area (TPSA) is 65.4 Å². The summed E-state index contributed by atoms with van der Waals surface area (Å²) in [6.07, 6.45) is 6.13. The van der Waals surface area contributed by atoms with Crippen LogP contribution in [-0.2, 0) is 12.8 Å². The molecule has 2 aromatic heterocycles. The predicted octanol–water partition coefficient (Wildman–Crippen LogP) is 3.18. The molecule has 7 heteroatoms. The molecule has 0 bridgehead atoms. The summed E-state index contributed by atoms with van der Waals surface area (Å²) in [5.41, 5.74) is 1.07. The van der Waals surface area contributed by atoms with Gasteiger partial charge in [0, 0.05) is 55.4 Å². The van der Waals surface area contributed by atoms with Gasteiger partial charge in [0.15, 0.2) is 5.96 Å². The van der Waals surface area contributed by atoms with Crippen molar-refractivity contribution in [2.75, 3.05) is 31.1 Å². The van der Waals surface area contributed by atoms with Crippen molar-refractivity contribution in [3.8, 4) is 0 Å². The van der Waals surface area contributed by atoms with Gasteiger partial charge in [0.2, 0.25) is 0 Å². The molecule has 6 nitrogen and oxygen atoms in total. The summed E-state index contributed by atoms with van der Waals surface area (Å²) in [6.45, 7) is 10.00. The fourth-order valence-electron chi connectivity index (χ4n) is 3.36. The van der Waals surface area contributed by atoms with Crippen LogP contribution in [0.2, 0.25) is 0 Å². The van der Waals surface area contributed by atoms with Crippen molar-refractivity contribution in [2.45, 2.75) is 52.5 Å². The standard InChI is InChI=1S/C21H32N6S/c1-4-18-15-24-20(28-18)9-12-23-21(22-5-2)26-17-10-13-27(14-11-17)19-8-6-7-16(3)25-19/h6-8,15,17H,4-5,9-14H2,1-3H3,(H2,22,23,26). The predicted molar refractivity (Wildman–Crippen MR) is 119 cm³/mol. The molecule has 3 rings (SSSR count). The zero-order chi connectivity index (χ0) is 19.8. The van der Waals surface area contributed by atoms with Gasteiger partial charge in [-0.3, -0.25) is 4.99 Å². The molecule has 0 atom stereocenters. The van der Waals surface area contributed by atoms with Crippen LogP contribution in [-0.4, -0.2) is 48.1 Å². The van der Waals surface area contributed by atoms with Crippen LogP contribution in [0.5, 0.6) is 0 Å². The van der Waals surface area contributed by atoms with E-state index in [0.29, 0.717) is 6.04 Å². The Morgan fingerprint density at radius 1 is 1.29 bits per heavy atom. The lowest BCUT2D eigenvalue weighted by atomic mass is 10.1. The minimum absolute atomic E-state index is 0.449. The minimum Gasteiger partial charge on any atom is -0.357 e. The summed E-state index contributed by atoms with van der Waals surface area (Å²) < 4.78 is 0. The van der Waals surface area contributed by atoms with Gasteiger partial charge in [0.05, 0.1) is 5.01 Å². The second kappa shape index (κ2) is 10.4. The molecule has 0 unspecified atom stereocenters. The van der Waals surface area contributed by atoms with Gasteiger partial charge < -0.3 is 15.5 Å². The number of thiazole rings is 1. The molecule has 0 amide bonds. The first-order valence-electron chi connectivity index (χ1n) is 10.3. The Morgan fingerprint density at radius 3 is 2.79 bits per heavy atom. The maximum Gasteiger partial charge on any atom is 0.191 e. The van der Waals surface area contributed by atoms with E-state index < -0.39 is 0 Å². The number of nitrogens with zero attached hydrogens (tertiary/aromatic N) is 4. The molecule has 1 fully saturated rings. The maximum atomic E-state index is 4.76. The van der Waals surface area contributed by atoms with E-state index >= 15 is 0 Å². The van der Waals surface area contributed by atoms with Crippen molar-refractivity contribution in [3.63, 3.8) is 0 Å². The zero-order valence-corrected chi connectivity index (χ0v) is 18.1. The monoisotopic (exact) mass is 400 g/mol. The Bertz CT molecular complexity index is 764. The molecular weight excluding hydrogens is 368 g/mol. The Balaban J connectivity index is 1.48. The first-order chi connectivity index (χ1) is 13.7. The Morgan fingerprint density at radius 2 is 2.11 bits per heavy atom. The molecule has 152 valence electrons. The molecule has 2 aromatic rings. The number of pyridine rings is 1. The Kier molecular flexibility index (Phi) is 7.65. The van der Waals surface area contributed by atoms with Crippen molar-refractivity contribution >= 4 is 23.1 Å². The van der Waals surface area contributed by atoms with Gasteiger partial charge in [-0.2, -0.15) is 0 Å². The minimum atomic E-state index is 0.449. The van der Waals surface area contributed by atoms with Crippen LogP contribution in [0.4, 0.5) is 5.82 Å². The SMILES string of the molecule is CCNC(=NCCc1ncc(CC)s1)NC1CCN(c2cccc(C)n2)CC1. The van der Waals surface area contributed by atoms with Gasteiger partial charge in [-0.25, -0.2) is 9.97 Å². The third-order valence-electron chi connectivity index (χ3n) is 4.92. The normalized spacial score (nSPS) is 15.7. The molecular formula is C21H32N6S. The number of hydrogen-bond acceptors (Lipinski definition) is 5. The van der Waals surface area contributed by atoms with Crippen molar-refractivity contribution in [3.05, 3.63) is 40.0 Å². The third kappa shape index (κ3) is 5.92. The average molecular weight is 401 g/mol. The van der Waals surface area contributed by atoms with Crippen LogP contribution in [0.3, 0.4) is 0 Å². The van der Waals surface area contributed by atoms with Gasteiger partial charge in [-0.05, 0) is 45.2 Å². The number of aromatic nitrogens is 2. The number of piperidine rings is 1. The van der Waals surface area contributed by atoms with Crippen LogP contribution in [0, 0.1) is 6.92 Å². The van der Waals surface area contributed by atoms with Gasteiger partial charge in [-0.15, -0.1) is 11.3 Å². The van der Waals surface area contributed by atoms with E-state index in [9.17, 15) is 0 Å². The van der Waals surface area contributed by atoms with Crippen molar-refractivity contribution < 1.29 is 0 Å². The highest BCUT2D eigenvalue weighted by Gasteiger charge is 2.20. The largest absolute Gasteiger partial charge is 0.357 e. The van der Waals surface area contributed by atoms with Crippen LogP contribution >= 0.6 is 11.3 Å². The van der Waals surface area contributed by atoms with E-state index in [-0.39, 0.29) is 0 Å². The van der Waals surface area contributed by atoms with Gasteiger partial charge in [0.1, 0.15) is 5.82 Å². The molecule has 3 heterocycles. The number of hydrogen-bond donors (Lipinski definition) is 2. The molecule has 28 heavy (non-hydrogen) atoms. The van der Waals surface area contributed by atoms with E-state index in [2.05, 4.69) is 51.5 Å². The van der Waals surface area contributed by atoms with E-state index in [1.807, 2.05) is 19.2 Å². The fraction of sp³-hybridized carbons (Fsp3) is 0.571. The zero-order valence-electron chi connectivity index (χ0n) is 17.2. The van der Waals surface area contributed by atoms with E-state index in [0.717, 1.165) is 69.3 Å². The maximum absolute atomic E-state index is 4.76. The third-order valence-corrected chi connectivity index (χ3v) is 6.12. The molecule has 0 radical (unpaired) electrons. The van der Waals surface area contributed by atoms with E-state index in [1.54, 1.807) is 11.3 Å². The quantitative estimate of drug-likeness (QED) is 0.552. The van der Waals surface area contributed by atoms with Crippen LogP contribution in [0.15, 0.2) is 29.4 Å². The van der Waals surface area contributed by atoms with Crippen LogP contribution in [0.1, 0.15) is 42.3 Å². The highest BCUT2D eigenvalue weighted by Crippen LogP contribution is 2.18. The molecule has 1 aliphatic rings. The summed E-state index contributed by atoms with van der Waals surface area (Å²) in [4.78, 5) is 17.6. The van der Waals surface area contributed by atoms with Gasteiger partial charge in [0.25, 0.3) is 0 Å². The summed E-state index contributed by atoms with van der Waals surface area (Å²) in [5.74, 6) is 2.01. The summed E-state index contributed by atoms with van der Waals surface area (Å²) in [5, 5.41) is 8.17. The smallest absolute Gasteiger partial charge is 0.191 e. The van der Waals surface area contributed by atoms with Crippen molar-refractivity contribution in [1.82, 2.24) is 20.6 Å². The lowest BCUT2D eigenvalue weighted by Gasteiger charge is -2.34. The first kappa shape index (κ1) is 20.6. The summed E-state index contributed by atoms with van der Waals surface area (Å²) in [7, 11) is 0. The van der Waals surface area contributed by atoms with Gasteiger partial charge >= 0.3 is 0 Å². The van der Waals surface area contributed by atoms with E-state index in [4.69, 9.17) is 4.99 Å². The van der Waals surface area contributed by atoms with Gasteiger partial charge in [-0.1, -0.05) is 13.0 Å².